The van der Waals surface area contributed by atoms with Crippen molar-refractivity contribution in [2.75, 3.05) is 39.3 Å². The predicted molar refractivity (Wildman–Crippen MR) is 358 cm³/mol. The smallest absolute Gasteiger partial charge is 0.222 e. The van der Waals surface area contributed by atoms with E-state index in [2.05, 4.69) is 93.7 Å². The molecule has 0 aliphatic carbocycles. The second-order valence-electron chi connectivity index (χ2n) is 23.9. The van der Waals surface area contributed by atoms with E-state index in [1.165, 1.54) is 116 Å². The van der Waals surface area contributed by atoms with E-state index in [0.29, 0.717) is 58.5 Å². The lowest BCUT2D eigenvalue weighted by Crippen LogP contribution is -2.40. The zero-order valence-electron chi connectivity index (χ0n) is 55.8. The van der Waals surface area contributed by atoms with Crippen LogP contribution in [0.1, 0.15) is 293 Å². The van der Waals surface area contributed by atoms with Crippen molar-refractivity contribution in [3.63, 3.8) is 0 Å². The summed E-state index contributed by atoms with van der Waals surface area (Å²) in [7, 11) is 0. The summed E-state index contributed by atoms with van der Waals surface area (Å²) in [5.74, 6) is 0.104. The normalized spacial score (nSPS) is 14.0. The van der Waals surface area contributed by atoms with Gasteiger partial charge in [-0.05, 0) is 157 Å². The van der Waals surface area contributed by atoms with E-state index >= 15 is 0 Å². The van der Waals surface area contributed by atoms with Crippen LogP contribution in [0.15, 0.2) is 72.9 Å². The third kappa shape index (κ3) is 67.7. The Morgan fingerprint density at radius 3 is 0.607 bits per heavy atom. The number of unbranched alkanes of at least 4 members (excludes halogenated alkanes) is 24. The van der Waals surface area contributed by atoms with Gasteiger partial charge >= 0.3 is 0 Å². The number of rotatable bonds is 54. The van der Waals surface area contributed by atoms with Crippen LogP contribution in [0.4, 0.5) is 0 Å². The van der Waals surface area contributed by atoms with Gasteiger partial charge in [-0.25, -0.2) is 0 Å². The highest BCUT2D eigenvalue weighted by atomic mass is 16.3. The number of amides is 3. The van der Waals surface area contributed by atoms with Crippen LogP contribution in [-0.4, -0.2) is 139 Å². The molecule has 0 heterocycles. The first-order valence-corrected chi connectivity index (χ1v) is 34.2. The largest absolute Gasteiger partial charge is 0.392 e. The Hall–Kier alpha value is -3.39. The SMILES string of the molecule is CCCCCC=CCC=CCCCCCCCC(=O)N(CC(C)O)CC(C)O.CCCCCC=CCC=CCCCCCCCC(=O)N(CC(C)O)CC(C)O.CCCCCC=CCC=CCCCCCCCC(=O)N(CC(C)O)CC(C)O. The van der Waals surface area contributed by atoms with Crippen LogP contribution in [0, 0.1) is 0 Å². The highest BCUT2D eigenvalue weighted by Gasteiger charge is 2.19. The van der Waals surface area contributed by atoms with E-state index < -0.39 is 36.6 Å². The minimum atomic E-state index is -0.563. The summed E-state index contributed by atoms with van der Waals surface area (Å²) in [5, 5.41) is 57.0. The number of carbonyl (C=O) groups is 3. The first-order valence-electron chi connectivity index (χ1n) is 34.2. The minimum Gasteiger partial charge on any atom is -0.392 e. The number of allylic oxidation sites excluding steroid dienone is 12. The molecule has 6 unspecified atom stereocenters. The first kappa shape index (κ1) is 84.8. The van der Waals surface area contributed by atoms with E-state index in [1.807, 2.05) is 0 Å². The molecule has 0 saturated heterocycles. The van der Waals surface area contributed by atoms with E-state index in [0.717, 1.165) is 96.3 Å². The van der Waals surface area contributed by atoms with Crippen molar-refractivity contribution < 1.29 is 45.0 Å². The molecule has 6 atom stereocenters. The first-order chi connectivity index (χ1) is 40.4. The molecule has 6 N–H and O–H groups in total. The van der Waals surface area contributed by atoms with Gasteiger partial charge in [-0.15, -0.1) is 0 Å². The number of nitrogens with zero attached hydrogens (tertiary/aromatic N) is 3. The summed E-state index contributed by atoms with van der Waals surface area (Å²) < 4.78 is 0. The molecule has 3 amide bonds. The lowest BCUT2D eigenvalue weighted by molar-refractivity contribution is -0.134. The Balaban J connectivity index is -0.00000117. The fraction of sp³-hybridized carbons (Fsp3) is 0.792. The van der Waals surface area contributed by atoms with Crippen molar-refractivity contribution in [3.05, 3.63) is 72.9 Å². The third-order valence-corrected chi connectivity index (χ3v) is 14.0. The number of hydrogen-bond donors (Lipinski definition) is 6. The molecule has 0 bridgehead atoms. The van der Waals surface area contributed by atoms with Crippen LogP contribution >= 0.6 is 0 Å². The zero-order valence-corrected chi connectivity index (χ0v) is 55.8. The molecule has 492 valence electrons. The molecule has 84 heavy (non-hydrogen) atoms. The van der Waals surface area contributed by atoms with Crippen molar-refractivity contribution in [3.8, 4) is 0 Å². The Kier molecular flexibility index (Phi) is 66.2. The number of aliphatic hydroxyl groups excluding tert-OH is 6. The standard InChI is InChI=1S/3C24H45NO3/c3*1-4-5-6-7-8-9-10-11-12-13-14-15-16-17-18-19-24(28)25(20-22(2)26)21-23(3)27/h3*8-9,11-12,22-23,26-27H,4-7,10,13-21H2,1-3H3. The molecular formula is C72H135N3O9. The second-order valence-corrected chi connectivity index (χ2v) is 23.9. The molecule has 0 aliphatic rings. The lowest BCUT2D eigenvalue weighted by atomic mass is 10.1. The molecule has 0 radical (unpaired) electrons. The van der Waals surface area contributed by atoms with Gasteiger partial charge in [-0.3, -0.25) is 14.4 Å². The van der Waals surface area contributed by atoms with Crippen LogP contribution in [-0.2, 0) is 14.4 Å². The van der Waals surface area contributed by atoms with Crippen molar-refractivity contribution >= 4 is 17.7 Å². The molecule has 0 aliphatic heterocycles. The number of aliphatic hydroxyl groups is 6. The Labute approximate surface area is 517 Å². The van der Waals surface area contributed by atoms with E-state index in [1.54, 1.807) is 56.2 Å². The summed E-state index contributed by atoms with van der Waals surface area (Å²) in [4.78, 5) is 41.5. The summed E-state index contributed by atoms with van der Waals surface area (Å²) in [6, 6.07) is 0. The fourth-order valence-electron chi connectivity index (χ4n) is 9.49. The molecule has 0 rings (SSSR count). The summed E-state index contributed by atoms with van der Waals surface area (Å²) in [6.45, 7) is 18.5. The highest BCUT2D eigenvalue weighted by Crippen LogP contribution is 2.14. The van der Waals surface area contributed by atoms with Crippen molar-refractivity contribution in [2.24, 2.45) is 0 Å². The number of hydrogen-bond acceptors (Lipinski definition) is 9. The van der Waals surface area contributed by atoms with Crippen molar-refractivity contribution in [1.82, 2.24) is 14.7 Å². The monoisotopic (exact) mass is 1190 g/mol. The molecule has 0 spiro atoms. The summed E-state index contributed by atoms with van der Waals surface area (Å²) in [6.07, 6.45) is 63.9. The van der Waals surface area contributed by atoms with Crippen LogP contribution in [0.3, 0.4) is 0 Å². The van der Waals surface area contributed by atoms with E-state index in [4.69, 9.17) is 0 Å². The second kappa shape index (κ2) is 65.6. The van der Waals surface area contributed by atoms with Gasteiger partial charge in [0.15, 0.2) is 0 Å². The quantitative estimate of drug-likeness (QED) is 0.0255. The zero-order chi connectivity index (χ0) is 63.1. The molecule has 12 heteroatoms. The Morgan fingerprint density at radius 1 is 0.262 bits per heavy atom. The van der Waals surface area contributed by atoms with Gasteiger partial charge in [0.2, 0.25) is 17.7 Å². The molecule has 0 aromatic heterocycles. The van der Waals surface area contributed by atoms with Gasteiger partial charge in [0.05, 0.1) is 36.6 Å². The molecule has 0 aromatic carbocycles. The van der Waals surface area contributed by atoms with Crippen LogP contribution < -0.4 is 0 Å². The van der Waals surface area contributed by atoms with Gasteiger partial charge in [0.25, 0.3) is 0 Å². The topological polar surface area (TPSA) is 182 Å². The maximum atomic E-state index is 12.2. The van der Waals surface area contributed by atoms with Gasteiger partial charge in [0, 0.05) is 58.5 Å². The molecule has 0 aromatic rings. The highest BCUT2D eigenvalue weighted by molar-refractivity contribution is 5.77. The third-order valence-electron chi connectivity index (χ3n) is 14.0. The lowest BCUT2D eigenvalue weighted by Gasteiger charge is -2.25. The van der Waals surface area contributed by atoms with Gasteiger partial charge in [0.1, 0.15) is 0 Å². The number of carbonyl (C=O) groups excluding carboxylic acids is 3. The fourth-order valence-corrected chi connectivity index (χ4v) is 9.49. The molecule has 12 nitrogen and oxygen atoms in total. The average molecular weight is 1190 g/mol. The van der Waals surface area contributed by atoms with Gasteiger partial charge < -0.3 is 45.3 Å². The van der Waals surface area contributed by atoms with Gasteiger partial charge in [-0.1, -0.05) is 190 Å². The maximum Gasteiger partial charge on any atom is 0.222 e. The van der Waals surface area contributed by atoms with E-state index in [-0.39, 0.29) is 17.7 Å². The van der Waals surface area contributed by atoms with Crippen LogP contribution in [0.5, 0.6) is 0 Å². The van der Waals surface area contributed by atoms with Crippen molar-refractivity contribution in [1.29, 1.82) is 0 Å². The molecule has 0 fully saturated rings. The Morgan fingerprint density at radius 2 is 0.429 bits per heavy atom. The predicted octanol–water partition coefficient (Wildman–Crippen LogP) is 16.2. The van der Waals surface area contributed by atoms with Crippen molar-refractivity contribution in [2.45, 2.75) is 330 Å². The molecular weight excluding hydrogens is 1050 g/mol. The van der Waals surface area contributed by atoms with Crippen LogP contribution in [0.25, 0.3) is 0 Å². The summed E-state index contributed by atoms with van der Waals surface area (Å²) in [5.41, 5.74) is 0. The average Bonchev–Trinajstić information content (AvgIpc) is 3.43. The van der Waals surface area contributed by atoms with E-state index in [9.17, 15) is 45.0 Å². The maximum absolute atomic E-state index is 12.2. The van der Waals surface area contributed by atoms with Crippen LogP contribution in [0.2, 0.25) is 0 Å². The minimum absolute atomic E-state index is 0.0347. The Bertz CT molecular complexity index is 1400. The molecule has 0 saturated carbocycles. The summed E-state index contributed by atoms with van der Waals surface area (Å²) >= 11 is 0. The van der Waals surface area contributed by atoms with Gasteiger partial charge in [-0.2, -0.15) is 0 Å².